The van der Waals surface area contributed by atoms with Crippen LogP contribution in [0.4, 0.5) is 10.9 Å². The van der Waals surface area contributed by atoms with Crippen LogP contribution in [0.2, 0.25) is 0 Å². The van der Waals surface area contributed by atoms with Crippen LogP contribution in [-0.4, -0.2) is 79.8 Å². The van der Waals surface area contributed by atoms with Crippen molar-refractivity contribution >= 4 is 51.7 Å². The smallest absolute Gasteiger partial charge is 0.356 e. The number of hydrogen-bond acceptors (Lipinski definition) is 11. The lowest BCUT2D eigenvalue weighted by Gasteiger charge is -2.49. The van der Waals surface area contributed by atoms with E-state index >= 15 is 0 Å². The Labute approximate surface area is 212 Å². The number of nitrogen functional groups attached to an aromatic ring is 1. The number of anilines is 2. The highest BCUT2D eigenvalue weighted by molar-refractivity contribution is 7.13. The van der Waals surface area contributed by atoms with Crippen molar-refractivity contribution in [1.82, 2.24) is 20.2 Å². The van der Waals surface area contributed by atoms with Crippen molar-refractivity contribution in [3.63, 3.8) is 0 Å². The normalized spacial score (nSPS) is 22.6. The number of ether oxygens (including phenoxy) is 1. The van der Waals surface area contributed by atoms with E-state index in [0.29, 0.717) is 24.4 Å². The average molecular weight is 526 g/mol. The van der Waals surface area contributed by atoms with Gasteiger partial charge < -0.3 is 26.1 Å². The van der Waals surface area contributed by atoms with Crippen LogP contribution in [0, 0.1) is 0 Å². The predicted molar refractivity (Wildman–Crippen MR) is 127 cm³/mol. The number of nitrogens with zero attached hydrogens (tertiary/aromatic N) is 5. The molecule has 5 N–H and O–H groups in total. The van der Waals surface area contributed by atoms with Gasteiger partial charge in [-0.05, 0) is 24.6 Å². The Hall–Kier alpha value is -4.79. The number of carbonyl (C=O) groups excluding carboxylic acids is 3. The molecule has 3 aliphatic rings. The van der Waals surface area contributed by atoms with Crippen molar-refractivity contribution in [2.45, 2.75) is 18.5 Å². The van der Waals surface area contributed by atoms with E-state index in [1.807, 2.05) is 0 Å². The molecule has 5 heterocycles. The first kappa shape index (κ1) is 23.9. The summed E-state index contributed by atoms with van der Waals surface area (Å²) in [6.07, 6.45) is 3.22. The second kappa shape index (κ2) is 9.34. The van der Waals surface area contributed by atoms with Gasteiger partial charge in [0, 0.05) is 23.7 Å². The first-order valence-electron chi connectivity index (χ1n) is 10.9. The first-order valence-corrected chi connectivity index (χ1v) is 11.8. The lowest BCUT2D eigenvalue weighted by Crippen LogP contribution is -2.73. The van der Waals surface area contributed by atoms with Gasteiger partial charge in [0.1, 0.15) is 30.2 Å². The van der Waals surface area contributed by atoms with Crippen LogP contribution >= 0.6 is 11.3 Å². The number of nitrogens with one attached hydrogen (secondary N) is 1. The third-order valence-corrected chi connectivity index (χ3v) is 6.70. The number of β-lactam (4-membered cyclic amide) rings is 1. The zero-order valence-corrected chi connectivity index (χ0v) is 19.7. The Morgan fingerprint density at radius 3 is 2.78 bits per heavy atom. The molecule has 0 unspecified atom stereocenters. The third kappa shape index (κ3) is 4.14. The van der Waals surface area contributed by atoms with E-state index < -0.39 is 41.3 Å². The zero-order valence-electron chi connectivity index (χ0n) is 18.9. The lowest BCUT2D eigenvalue weighted by atomic mass is 9.92. The van der Waals surface area contributed by atoms with Crippen molar-refractivity contribution < 1.29 is 34.2 Å². The number of hydrogen-bond donors (Lipinski definition) is 4. The summed E-state index contributed by atoms with van der Waals surface area (Å²) in [5, 5.41) is 26.0. The molecule has 3 aliphatic heterocycles. The fraction of sp³-hybridized carbons (Fsp3) is 0.227. The highest BCUT2D eigenvalue weighted by atomic mass is 32.1. The van der Waals surface area contributed by atoms with Crippen molar-refractivity contribution in [2.75, 3.05) is 23.8 Å². The number of thiazole rings is 1. The van der Waals surface area contributed by atoms with Crippen molar-refractivity contribution in [2.24, 2.45) is 5.16 Å². The van der Waals surface area contributed by atoms with Gasteiger partial charge >= 0.3 is 5.97 Å². The number of carboxylic acids is 1. The number of allylic oxidation sites excluding steroid dienone is 1. The van der Waals surface area contributed by atoms with Gasteiger partial charge in [0.2, 0.25) is 0 Å². The summed E-state index contributed by atoms with van der Waals surface area (Å²) < 4.78 is 5.66. The van der Waals surface area contributed by atoms with Crippen LogP contribution in [0.3, 0.4) is 0 Å². The Morgan fingerprint density at radius 1 is 1.32 bits per heavy atom. The van der Waals surface area contributed by atoms with E-state index in [9.17, 15) is 29.5 Å². The van der Waals surface area contributed by atoms with E-state index in [0.717, 1.165) is 16.2 Å². The predicted octanol–water partition coefficient (Wildman–Crippen LogP) is -0.316. The molecule has 2 atom stereocenters. The molecule has 0 aromatic carbocycles. The Bertz CT molecular complexity index is 1400. The Morgan fingerprint density at radius 2 is 2.14 bits per heavy atom. The van der Waals surface area contributed by atoms with Gasteiger partial charge in [-0.2, -0.15) is 0 Å². The van der Waals surface area contributed by atoms with E-state index in [4.69, 9.17) is 10.5 Å². The number of carbonyl (C=O) groups is 4. The molecule has 2 saturated heterocycles. The molecule has 190 valence electrons. The second-order valence-electron chi connectivity index (χ2n) is 8.14. The minimum absolute atomic E-state index is 0.0204. The van der Waals surface area contributed by atoms with Gasteiger partial charge in [-0.25, -0.2) is 14.8 Å². The van der Waals surface area contributed by atoms with Gasteiger partial charge in [-0.3, -0.25) is 24.2 Å². The van der Waals surface area contributed by atoms with Crippen LogP contribution in [0.15, 0.2) is 58.0 Å². The maximum atomic E-state index is 12.9. The number of aromatic nitrogens is 2. The van der Waals surface area contributed by atoms with Crippen LogP contribution in [0.5, 0.6) is 0 Å². The highest BCUT2D eigenvalue weighted by Gasteiger charge is 2.55. The summed E-state index contributed by atoms with van der Waals surface area (Å²) in [5.41, 5.74) is 4.99. The summed E-state index contributed by atoms with van der Waals surface area (Å²) in [6, 6.07) is 3.21. The number of aliphatic carboxylic acids is 1. The summed E-state index contributed by atoms with van der Waals surface area (Å²) in [4.78, 5) is 61.0. The maximum Gasteiger partial charge on any atom is 0.356 e. The van der Waals surface area contributed by atoms with Gasteiger partial charge in [0.15, 0.2) is 22.3 Å². The fourth-order valence-corrected chi connectivity index (χ4v) is 4.84. The molecule has 15 heteroatoms. The number of fused-ring (bicyclic) bond motifs is 1. The molecule has 2 aromatic heterocycles. The minimum Gasteiger partial charge on any atom is -0.489 e. The molecule has 14 nitrogen and oxygen atoms in total. The largest absolute Gasteiger partial charge is 0.489 e. The molecular formula is C22H19N7O7S. The number of rotatable bonds is 6. The number of oxime groups is 1. The minimum atomic E-state index is -1.43. The molecule has 0 saturated carbocycles. The second-order valence-corrected chi connectivity index (χ2v) is 9.03. The van der Waals surface area contributed by atoms with E-state index in [2.05, 4.69) is 20.4 Å². The lowest BCUT2D eigenvalue weighted by molar-refractivity contribution is -0.159. The summed E-state index contributed by atoms with van der Waals surface area (Å²) in [6.45, 7) is 0.218. The van der Waals surface area contributed by atoms with Gasteiger partial charge in [-0.1, -0.05) is 11.2 Å². The molecule has 0 spiro atoms. The fourth-order valence-electron chi connectivity index (χ4n) is 4.29. The molecule has 37 heavy (non-hydrogen) atoms. The quantitative estimate of drug-likeness (QED) is 0.127. The summed E-state index contributed by atoms with van der Waals surface area (Å²) >= 11 is 1.03. The number of nitrogens with two attached hydrogens (primary N) is 1. The van der Waals surface area contributed by atoms with Crippen LogP contribution in [0.25, 0.3) is 0 Å². The maximum absolute atomic E-state index is 12.9. The van der Waals surface area contributed by atoms with Gasteiger partial charge in [0.25, 0.3) is 17.7 Å². The van der Waals surface area contributed by atoms with E-state index in [1.54, 1.807) is 24.4 Å². The Balaban J connectivity index is 1.35. The molecule has 3 amide bonds. The van der Waals surface area contributed by atoms with Gasteiger partial charge in [-0.15, -0.1) is 11.3 Å². The first-order chi connectivity index (χ1) is 17.8. The highest BCUT2D eigenvalue weighted by Crippen LogP contribution is 2.34. The standard InChI is InChI=1S/C22H19N7O7S/c23-22-25-11(9-37-22)15(27-35)18(30)26-16-12-8-36-13(17(21(33)34)29(12)20(16)32)7-10-4-6-28(19(10)31)14-3-1-2-5-24-14/h1-3,5,7,9,12,16,35H,4,6,8H2,(H2,23,25)(H,26,30)(H,33,34)/b10-7+,27-15-/t12-,16+/m1/s1. The monoisotopic (exact) mass is 525 g/mol. The summed E-state index contributed by atoms with van der Waals surface area (Å²) in [5.74, 6) is -3.04. The molecule has 0 bridgehead atoms. The van der Waals surface area contributed by atoms with Crippen molar-refractivity contribution in [1.29, 1.82) is 0 Å². The van der Waals surface area contributed by atoms with Crippen molar-refractivity contribution in [3.05, 3.63) is 58.6 Å². The van der Waals surface area contributed by atoms with Crippen molar-refractivity contribution in [3.8, 4) is 0 Å². The molecular weight excluding hydrogens is 506 g/mol. The molecule has 0 radical (unpaired) electrons. The topological polar surface area (TPSA) is 201 Å². The Kier molecular flexibility index (Phi) is 6.04. The molecule has 5 rings (SSSR count). The zero-order chi connectivity index (χ0) is 26.3. The number of pyridine rings is 1. The molecule has 0 aliphatic carbocycles. The third-order valence-electron chi connectivity index (χ3n) is 6.03. The SMILES string of the molecule is Nc1nc(/C(=N/O)C(=O)N[C@@H]2C(=O)N3C(C(=O)O)=C(/C=C4\CCN(c5ccccn5)C4=O)OC[C@H]23)cs1. The average Bonchev–Trinajstić information content (AvgIpc) is 3.48. The van der Waals surface area contributed by atoms with E-state index in [-0.39, 0.29) is 29.1 Å². The van der Waals surface area contributed by atoms with Crippen LogP contribution in [0.1, 0.15) is 12.1 Å². The summed E-state index contributed by atoms with van der Waals surface area (Å²) in [7, 11) is 0. The van der Waals surface area contributed by atoms with Gasteiger partial charge in [0.05, 0.1) is 0 Å². The van der Waals surface area contributed by atoms with Crippen LogP contribution in [-0.2, 0) is 23.9 Å². The van der Waals surface area contributed by atoms with Crippen LogP contribution < -0.4 is 16.0 Å². The molecule has 2 fully saturated rings. The molecule has 2 aromatic rings. The number of carboxylic acid groups (broad SMARTS) is 1. The number of amides is 3. The van der Waals surface area contributed by atoms with E-state index in [1.165, 1.54) is 16.4 Å².